The number of Topliss-reactive ketones (excluding diaryl/α,β-unsaturated/α-hetero) is 1. The second-order valence-corrected chi connectivity index (χ2v) is 6.84. The van der Waals surface area contributed by atoms with Crippen LogP contribution in [0.5, 0.6) is 0 Å². The molecule has 0 aliphatic carbocycles. The summed E-state index contributed by atoms with van der Waals surface area (Å²) in [6.07, 6.45) is 0. The maximum atomic E-state index is 12.2. The van der Waals surface area contributed by atoms with Crippen LogP contribution < -0.4 is 10.0 Å². The van der Waals surface area contributed by atoms with E-state index >= 15 is 0 Å². The van der Waals surface area contributed by atoms with Crippen LogP contribution in [0.4, 0.5) is 0 Å². The number of sulfonamides is 1. The number of carbonyl (C=O) groups excluding carboxylic acids is 1. The summed E-state index contributed by atoms with van der Waals surface area (Å²) in [7, 11) is -3.56. The Balaban J connectivity index is 1.94. The van der Waals surface area contributed by atoms with Gasteiger partial charge in [0.2, 0.25) is 10.0 Å². The van der Waals surface area contributed by atoms with Crippen LogP contribution in [0.1, 0.15) is 17.3 Å². The third kappa shape index (κ3) is 4.60. The number of hydrogen-bond acceptors (Lipinski definition) is 5. The molecule has 0 atom stereocenters. The van der Waals surface area contributed by atoms with Gasteiger partial charge in [0, 0.05) is 44.8 Å². The van der Waals surface area contributed by atoms with Crippen molar-refractivity contribution in [1.29, 1.82) is 0 Å². The largest absolute Gasteiger partial charge is 0.314 e. The fraction of sp³-hybridized carbons (Fsp3) is 0.500. The number of benzene rings is 1. The molecule has 0 spiro atoms. The molecule has 2 N–H and O–H groups in total. The SMILES string of the molecule is CC(=O)c1cccc(S(=O)(=O)NCCN2CCNCC2)c1. The third-order valence-corrected chi connectivity index (χ3v) is 4.94. The van der Waals surface area contributed by atoms with Gasteiger partial charge in [0.1, 0.15) is 0 Å². The van der Waals surface area contributed by atoms with Crippen molar-refractivity contribution in [3.63, 3.8) is 0 Å². The number of hydrogen-bond donors (Lipinski definition) is 2. The van der Waals surface area contributed by atoms with Crippen LogP contribution in [0.3, 0.4) is 0 Å². The minimum Gasteiger partial charge on any atom is -0.314 e. The highest BCUT2D eigenvalue weighted by Gasteiger charge is 2.16. The Labute approximate surface area is 125 Å². The molecule has 0 unspecified atom stereocenters. The van der Waals surface area contributed by atoms with Crippen LogP contribution in [-0.2, 0) is 10.0 Å². The van der Waals surface area contributed by atoms with Crippen LogP contribution in [-0.4, -0.2) is 58.4 Å². The van der Waals surface area contributed by atoms with Crippen molar-refractivity contribution < 1.29 is 13.2 Å². The van der Waals surface area contributed by atoms with Crippen LogP contribution in [0.15, 0.2) is 29.2 Å². The van der Waals surface area contributed by atoms with Gasteiger partial charge in [-0.3, -0.25) is 9.69 Å². The van der Waals surface area contributed by atoms with Crippen molar-refractivity contribution >= 4 is 15.8 Å². The predicted molar refractivity (Wildman–Crippen MR) is 80.9 cm³/mol. The topological polar surface area (TPSA) is 78.5 Å². The van der Waals surface area contributed by atoms with Crippen LogP contribution in [0, 0.1) is 0 Å². The van der Waals surface area contributed by atoms with Crippen molar-refractivity contribution in [2.24, 2.45) is 0 Å². The predicted octanol–water partition coefficient (Wildman–Crippen LogP) is 0.0727. The molecule has 1 aliphatic heterocycles. The second-order valence-electron chi connectivity index (χ2n) is 5.07. The number of nitrogens with one attached hydrogen (secondary N) is 2. The molecule has 7 heteroatoms. The van der Waals surface area contributed by atoms with Gasteiger partial charge in [0.25, 0.3) is 0 Å². The van der Waals surface area contributed by atoms with E-state index in [9.17, 15) is 13.2 Å². The number of nitrogens with zero attached hydrogens (tertiary/aromatic N) is 1. The average Bonchev–Trinajstić information content (AvgIpc) is 2.48. The molecule has 1 aliphatic rings. The molecule has 1 aromatic carbocycles. The lowest BCUT2D eigenvalue weighted by molar-refractivity contribution is 0.101. The maximum absolute atomic E-state index is 12.2. The van der Waals surface area contributed by atoms with E-state index in [1.165, 1.54) is 19.1 Å². The van der Waals surface area contributed by atoms with E-state index in [1.807, 2.05) is 0 Å². The molecule has 116 valence electrons. The first-order valence-electron chi connectivity index (χ1n) is 7.03. The smallest absolute Gasteiger partial charge is 0.240 e. The van der Waals surface area contributed by atoms with E-state index in [0.717, 1.165) is 26.2 Å². The molecule has 0 amide bonds. The molecule has 0 radical (unpaired) electrons. The molecule has 0 aromatic heterocycles. The van der Waals surface area contributed by atoms with Gasteiger partial charge in [-0.25, -0.2) is 13.1 Å². The van der Waals surface area contributed by atoms with Gasteiger partial charge in [-0.05, 0) is 19.1 Å². The molecule has 1 fully saturated rings. The molecular weight excluding hydrogens is 290 g/mol. The Hall–Kier alpha value is -1.28. The zero-order valence-corrected chi connectivity index (χ0v) is 12.9. The molecular formula is C14H21N3O3S. The van der Waals surface area contributed by atoms with E-state index in [1.54, 1.807) is 12.1 Å². The highest BCUT2D eigenvalue weighted by molar-refractivity contribution is 7.89. The van der Waals surface area contributed by atoms with Gasteiger partial charge < -0.3 is 5.32 Å². The summed E-state index contributed by atoms with van der Waals surface area (Å²) < 4.78 is 27.0. The molecule has 1 heterocycles. The quantitative estimate of drug-likeness (QED) is 0.727. The summed E-state index contributed by atoms with van der Waals surface area (Å²) >= 11 is 0. The zero-order valence-electron chi connectivity index (χ0n) is 12.1. The molecule has 21 heavy (non-hydrogen) atoms. The molecule has 1 aromatic rings. The van der Waals surface area contributed by atoms with Crippen molar-refractivity contribution in [2.75, 3.05) is 39.3 Å². The molecule has 1 saturated heterocycles. The summed E-state index contributed by atoms with van der Waals surface area (Å²) in [4.78, 5) is 13.7. The second kappa shape index (κ2) is 7.13. The van der Waals surface area contributed by atoms with E-state index < -0.39 is 10.0 Å². The standard InChI is InChI=1S/C14H21N3O3S/c1-12(18)13-3-2-4-14(11-13)21(19,20)16-7-10-17-8-5-15-6-9-17/h2-4,11,15-16H,5-10H2,1H3. The van der Waals surface area contributed by atoms with Crippen LogP contribution in [0.2, 0.25) is 0 Å². The first-order valence-corrected chi connectivity index (χ1v) is 8.51. The molecule has 2 rings (SSSR count). The fourth-order valence-corrected chi connectivity index (χ4v) is 3.30. The maximum Gasteiger partial charge on any atom is 0.240 e. The minimum absolute atomic E-state index is 0.135. The number of carbonyl (C=O) groups is 1. The highest BCUT2D eigenvalue weighted by atomic mass is 32.2. The lowest BCUT2D eigenvalue weighted by Crippen LogP contribution is -2.46. The first-order chi connectivity index (χ1) is 9.99. The first kappa shape index (κ1) is 16.1. The van der Waals surface area contributed by atoms with Crippen molar-refractivity contribution in [3.05, 3.63) is 29.8 Å². The van der Waals surface area contributed by atoms with Gasteiger partial charge in [0.05, 0.1) is 4.90 Å². The lowest BCUT2D eigenvalue weighted by atomic mass is 10.2. The Morgan fingerprint density at radius 3 is 2.71 bits per heavy atom. The highest BCUT2D eigenvalue weighted by Crippen LogP contribution is 2.11. The van der Waals surface area contributed by atoms with Gasteiger partial charge in [-0.2, -0.15) is 0 Å². The Bertz CT molecular complexity index is 595. The summed E-state index contributed by atoms with van der Waals surface area (Å²) in [6, 6.07) is 6.11. The molecule has 6 nitrogen and oxygen atoms in total. The van der Waals surface area contributed by atoms with E-state index in [4.69, 9.17) is 0 Å². The lowest BCUT2D eigenvalue weighted by Gasteiger charge is -2.27. The van der Waals surface area contributed by atoms with Gasteiger partial charge in [-0.15, -0.1) is 0 Å². The number of ketones is 1. The van der Waals surface area contributed by atoms with Crippen molar-refractivity contribution in [2.45, 2.75) is 11.8 Å². The van der Waals surface area contributed by atoms with Crippen molar-refractivity contribution in [1.82, 2.24) is 14.9 Å². The molecule has 0 bridgehead atoms. The summed E-state index contributed by atoms with van der Waals surface area (Å²) in [5.41, 5.74) is 0.403. The fourth-order valence-electron chi connectivity index (χ4n) is 2.24. The number of piperazine rings is 1. The summed E-state index contributed by atoms with van der Waals surface area (Å²) in [6.45, 7) is 6.22. The Kier molecular flexibility index (Phi) is 5.46. The summed E-state index contributed by atoms with van der Waals surface area (Å²) in [5, 5.41) is 3.25. The average molecular weight is 311 g/mol. The zero-order chi connectivity index (χ0) is 15.3. The third-order valence-electron chi connectivity index (χ3n) is 3.48. The van der Waals surface area contributed by atoms with Gasteiger partial charge >= 0.3 is 0 Å². The minimum atomic E-state index is -3.56. The van der Waals surface area contributed by atoms with Crippen molar-refractivity contribution in [3.8, 4) is 0 Å². The normalized spacial score (nSPS) is 16.8. The summed E-state index contributed by atoms with van der Waals surface area (Å²) in [5.74, 6) is -0.145. The van der Waals surface area contributed by atoms with Gasteiger partial charge in [-0.1, -0.05) is 12.1 Å². The number of rotatable bonds is 6. The monoisotopic (exact) mass is 311 g/mol. The van der Waals surface area contributed by atoms with Gasteiger partial charge in [0.15, 0.2) is 5.78 Å². The van der Waals surface area contributed by atoms with E-state index in [0.29, 0.717) is 18.7 Å². The Morgan fingerprint density at radius 1 is 1.33 bits per heavy atom. The van der Waals surface area contributed by atoms with Crippen LogP contribution >= 0.6 is 0 Å². The van der Waals surface area contributed by atoms with Crippen LogP contribution in [0.25, 0.3) is 0 Å². The van der Waals surface area contributed by atoms with E-state index in [2.05, 4.69) is 14.9 Å². The molecule has 0 saturated carbocycles. The Morgan fingerprint density at radius 2 is 2.05 bits per heavy atom. The van der Waals surface area contributed by atoms with E-state index in [-0.39, 0.29) is 10.7 Å².